The highest BCUT2D eigenvalue weighted by Gasteiger charge is 2.07. The Morgan fingerprint density at radius 2 is 2.00 bits per heavy atom. The van der Waals surface area contributed by atoms with Crippen LogP contribution in [0.4, 0.5) is 5.82 Å². The topological polar surface area (TPSA) is 70.8 Å². The summed E-state index contributed by atoms with van der Waals surface area (Å²) in [5, 5.41) is 12.0. The van der Waals surface area contributed by atoms with Gasteiger partial charge in [-0.15, -0.1) is 0 Å². The van der Waals surface area contributed by atoms with Crippen LogP contribution in [0.2, 0.25) is 0 Å². The van der Waals surface area contributed by atoms with Gasteiger partial charge in [-0.25, -0.2) is 9.97 Å². The fraction of sp³-hybridized carbons (Fsp3) is 0.214. The lowest BCUT2D eigenvalue weighted by molar-refractivity contribution is 0.234. The van der Waals surface area contributed by atoms with Crippen molar-refractivity contribution >= 4 is 5.82 Å². The van der Waals surface area contributed by atoms with Crippen molar-refractivity contribution in [1.29, 1.82) is 5.26 Å². The van der Waals surface area contributed by atoms with Crippen LogP contribution in [0.3, 0.4) is 0 Å². The second-order valence-electron chi connectivity index (χ2n) is 3.99. The lowest BCUT2D eigenvalue weighted by atomic mass is 10.3. The Bertz CT molecular complexity index is 565. The van der Waals surface area contributed by atoms with E-state index in [-0.39, 0.29) is 11.8 Å². The molecule has 0 bridgehead atoms. The predicted molar refractivity (Wildman–Crippen MR) is 71.8 cm³/mol. The second kappa shape index (κ2) is 6.36. The summed E-state index contributed by atoms with van der Waals surface area (Å²) in [6.45, 7) is 2.49. The summed E-state index contributed by atoms with van der Waals surface area (Å²) in [4.78, 5) is 8.01. The molecule has 2 aromatic rings. The minimum atomic E-state index is -0.0454. The van der Waals surface area contributed by atoms with Gasteiger partial charge in [-0.3, -0.25) is 0 Å². The summed E-state index contributed by atoms with van der Waals surface area (Å²) >= 11 is 0. The number of aromatic nitrogens is 2. The van der Waals surface area contributed by atoms with Gasteiger partial charge in [0.2, 0.25) is 0 Å². The van der Waals surface area contributed by atoms with Crippen molar-refractivity contribution in [3.63, 3.8) is 0 Å². The molecule has 96 valence electrons. The molecule has 0 aliphatic heterocycles. The van der Waals surface area contributed by atoms with Crippen LogP contribution in [0.1, 0.15) is 12.6 Å². The van der Waals surface area contributed by atoms with Crippen LogP contribution in [0.15, 0.2) is 42.7 Å². The van der Waals surface area contributed by atoms with Crippen LogP contribution < -0.4 is 10.1 Å². The van der Waals surface area contributed by atoms with Crippen LogP contribution in [0, 0.1) is 11.3 Å². The minimum absolute atomic E-state index is 0.0454. The molecule has 0 saturated carbocycles. The molecule has 5 nitrogen and oxygen atoms in total. The van der Waals surface area contributed by atoms with Crippen LogP contribution in [0.25, 0.3) is 0 Å². The lowest BCUT2D eigenvalue weighted by Crippen LogP contribution is -2.23. The third kappa shape index (κ3) is 3.68. The highest BCUT2D eigenvalue weighted by molar-refractivity contribution is 5.46. The van der Waals surface area contributed by atoms with Gasteiger partial charge in [0.25, 0.3) is 0 Å². The van der Waals surface area contributed by atoms with Crippen LogP contribution >= 0.6 is 0 Å². The average Bonchev–Trinajstić information content (AvgIpc) is 2.46. The van der Waals surface area contributed by atoms with Gasteiger partial charge in [0.05, 0.1) is 6.54 Å². The van der Waals surface area contributed by atoms with Gasteiger partial charge in [0.1, 0.15) is 17.9 Å². The zero-order valence-electron chi connectivity index (χ0n) is 10.6. The van der Waals surface area contributed by atoms with Gasteiger partial charge in [-0.05, 0) is 19.1 Å². The monoisotopic (exact) mass is 254 g/mol. The van der Waals surface area contributed by atoms with Crippen LogP contribution in [-0.2, 0) is 0 Å². The Labute approximate surface area is 111 Å². The Morgan fingerprint density at radius 1 is 1.26 bits per heavy atom. The summed E-state index contributed by atoms with van der Waals surface area (Å²) < 4.78 is 5.72. The molecule has 0 unspecified atom stereocenters. The van der Waals surface area contributed by atoms with Crippen LogP contribution in [-0.4, -0.2) is 22.6 Å². The number of para-hydroxylation sites is 1. The zero-order chi connectivity index (χ0) is 13.5. The van der Waals surface area contributed by atoms with Gasteiger partial charge < -0.3 is 10.1 Å². The lowest BCUT2D eigenvalue weighted by Gasteiger charge is -2.15. The molecular weight excluding hydrogens is 240 g/mol. The second-order valence-corrected chi connectivity index (χ2v) is 3.99. The quantitative estimate of drug-likeness (QED) is 0.885. The fourth-order valence-corrected chi connectivity index (χ4v) is 1.56. The van der Waals surface area contributed by atoms with E-state index in [1.54, 1.807) is 6.20 Å². The van der Waals surface area contributed by atoms with Crippen molar-refractivity contribution < 1.29 is 4.74 Å². The van der Waals surface area contributed by atoms with E-state index in [4.69, 9.17) is 10.00 Å². The molecule has 1 aromatic carbocycles. The first-order chi connectivity index (χ1) is 9.29. The summed E-state index contributed by atoms with van der Waals surface area (Å²) in [6, 6.07) is 11.6. The molecule has 0 aliphatic rings. The predicted octanol–water partition coefficient (Wildman–Crippen LogP) is 2.23. The number of hydrogen-bond acceptors (Lipinski definition) is 5. The standard InChI is InChI=1S/C14H14N4O/c1-11(19-12-5-3-2-4-6-12)10-18-14-13(9-15)16-7-8-17-14/h2-8,11H,10H2,1H3,(H,17,18)/t11-/m1/s1. The van der Waals surface area contributed by atoms with Crippen molar-refractivity contribution in [2.45, 2.75) is 13.0 Å². The highest BCUT2D eigenvalue weighted by atomic mass is 16.5. The summed E-state index contributed by atoms with van der Waals surface area (Å²) in [5.41, 5.74) is 0.286. The molecule has 0 radical (unpaired) electrons. The Kier molecular flexibility index (Phi) is 4.29. The molecule has 2 rings (SSSR count). The number of nitrogens with one attached hydrogen (secondary N) is 1. The van der Waals surface area contributed by atoms with Crippen LogP contribution in [0.5, 0.6) is 5.75 Å². The largest absolute Gasteiger partial charge is 0.489 e. The maximum Gasteiger partial charge on any atom is 0.182 e. The molecule has 0 saturated heterocycles. The molecule has 1 atom stereocenters. The van der Waals surface area contributed by atoms with Crippen molar-refractivity contribution in [3.05, 3.63) is 48.4 Å². The van der Waals surface area contributed by atoms with E-state index in [1.165, 1.54) is 6.20 Å². The first-order valence-electron chi connectivity index (χ1n) is 5.96. The third-order valence-electron chi connectivity index (χ3n) is 2.44. The van der Waals surface area contributed by atoms with E-state index in [1.807, 2.05) is 43.3 Å². The van der Waals surface area contributed by atoms with E-state index < -0.39 is 0 Å². The van der Waals surface area contributed by atoms with Crippen molar-refractivity contribution in [2.24, 2.45) is 0 Å². The minimum Gasteiger partial charge on any atom is -0.489 e. The zero-order valence-corrected chi connectivity index (χ0v) is 10.6. The van der Waals surface area contributed by atoms with Gasteiger partial charge in [0, 0.05) is 12.4 Å². The first kappa shape index (κ1) is 12.8. The maximum atomic E-state index is 8.90. The molecular formula is C14H14N4O. The van der Waals surface area contributed by atoms with Crippen molar-refractivity contribution in [3.8, 4) is 11.8 Å². The SMILES string of the molecule is C[C@H](CNc1nccnc1C#N)Oc1ccccc1. The van der Waals surface area contributed by atoms with E-state index in [9.17, 15) is 0 Å². The molecule has 0 amide bonds. The Hall–Kier alpha value is -2.61. The normalized spacial score (nSPS) is 11.4. The van der Waals surface area contributed by atoms with Gasteiger partial charge in [0.15, 0.2) is 11.5 Å². The molecule has 5 heteroatoms. The Balaban J connectivity index is 1.90. The van der Waals surface area contributed by atoms with E-state index in [0.29, 0.717) is 12.4 Å². The number of nitrogens with zero attached hydrogens (tertiary/aromatic N) is 3. The summed E-state index contributed by atoms with van der Waals surface area (Å²) in [7, 11) is 0. The molecule has 0 aliphatic carbocycles. The van der Waals surface area contributed by atoms with Crippen molar-refractivity contribution in [2.75, 3.05) is 11.9 Å². The average molecular weight is 254 g/mol. The number of hydrogen-bond donors (Lipinski definition) is 1. The molecule has 0 spiro atoms. The first-order valence-corrected chi connectivity index (χ1v) is 5.96. The highest BCUT2D eigenvalue weighted by Crippen LogP contribution is 2.12. The number of anilines is 1. The maximum absolute atomic E-state index is 8.90. The molecule has 0 fully saturated rings. The van der Waals surface area contributed by atoms with E-state index >= 15 is 0 Å². The number of rotatable bonds is 5. The summed E-state index contributed by atoms with van der Waals surface area (Å²) in [5.74, 6) is 1.30. The molecule has 1 aromatic heterocycles. The van der Waals surface area contributed by atoms with Gasteiger partial charge >= 0.3 is 0 Å². The number of ether oxygens (including phenoxy) is 1. The van der Waals surface area contributed by atoms with Gasteiger partial charge in [-0.2, -0.15) is 5.26 Å². The van der Waals surface area contributed by atoms with E-state index in [2.05, 4.69) is 15.3 Å². The molecule has 1 N–H and O–H groups in total. The molecule has 19 heavy (non-hydrogen) atoms. The number of nitriles is 1. The van der Waals surface area contributed by atoms with Crippen molar-refractivity contribution in [1.82, 2.24) is 9.97 Å². The third-order valence-corrected chi connectivity index (χ3v) is 2.44. The Morgan fingerprint density at radius 3 is 2.74 bits per heavy atom. The smallest absolute Gasteiger partial charge is 0.182 e. The summed E-state index contributed by atoms with van der Waals surface area (Å²) in [6.07, 6.45) is 3.00. The number of benzene rings is 1. The fourth-order valence-electron chi connectivity index (χ4n) is 1.56. The van der Waals surface area contributed by atoms with Gasteiger partial charge in [-0.1, -0.05) is 18.2 Å². The molecule has 1 heterocycles. The van der Waals surface area contributed by atoms with E-state index in [0.717, 1.165) is 5.75 Å².